The number of hydrogen-bond donors (Lipinski definition) is 2. The molecule has 0 aliphatic carbocycles. The van der Waals surface area contributed by atoms with E-state index in [9.17, 15) is 14.0 Å². The van der Waals surface area contributed by atoms with Crippen LogP contribution in [0.1, 0.15) is 29.5 Å². The van der Waals surface area contributed by atoms with Crippen molar-refractivity contribution in [3.8, 4) is 17.2 Å². The van der Waals surface area contributed by atoms with Crippen molar-refractivity contribution in [2.24, 2.45) is 10.7 Å². The van der Waals surface area contributed by atoms with Crippen LogP contribution in [0, 0.1) is 5.82 Å². The number of ether oxygens (including phenoxy) is 3. The van der Waals surface area contributed by atoms with Crippen molar-refractivity contribution in [3.63, 3.8) is 0 Å². The smallest absolute Gasteiger partial charge is 0.231 e. The fourth-order valence-electron chi connectivity index (χ4n) is 4.10. The van der Waals surface area contributed by atoms with Gasteiger partial charge in [0.1, 0.15) is 6.04 Å². The van der Waals surface area contributed by atoms with Gasteiger partial charge in [0.25, 0.3) is 0 Å². The number of guanidine groups is 1. The first-order valence-corrected chi connectivity index (χ1v) is 12.6. The van der Waals surface area contributed by atoms with Crippen LogP contribution in [0.15, 0.2) is 71.7 Å². The van der Waals surface area contributed by atoms with E-state index in [0.717, 1.165) is 11.1 Å². The third kappa shape index (κ3) is 8.84. The van der Waals surface area contributed by atoms with Gasteiger partial charge in [0, 0.05) is 6.42 Å². The second-order valence-corrected chi connectivity index (χ2v) is 8.90. The molecule has 0 saturated heterocycles. The van der Waals surface area contributed by atoms with Crippen LogP contribution in [0.5, 0.6) is 17.2 Å². The number of halogens is 1. The number of aryl methyl sites for hydroxylation is 2. The highest BCUT2D eigenvalue weighted by Crippen LogP contribution is 2.27. The highest BCUT2D eigenvalue weighted by Gasteiger charge is 2.19. The summed E-state index contributed by atoms with van der Waals surface area (Å²) in [5.74, 6) is 0.0868. The molecule has 3 rings (SSSR count). The summed E-state index contributed by atoms with van der Waals surface area (Å²) in [7, 11) is 4.45. The number of nitrogens with two attached hydrogens (primary N) is 1. The predicted octanol–water partition coefficient (Wildman–Crippen LogP) is 4.03. The number of carbonyl (C=O) groups excluding carboxylic acids is 2. The van der Waals surface area contributed by atoms with Crippen LogP contribution in [-0.2, 0) is 28.9 Å². The summed E-state index contributed by atoms with van der Waals surface area (Å²) in [5.41, 5.74) is 8.59. The number of ketones is 1. The fraction of sp³-hybridized carbons (Fsp3) is 0.300. The van der Waals surface area contributed by atoms with E-state index < -0.39 is 11.9 Å². The number of nitrogens with one attached hydrogen (secondary N) is 1. The van der Waals surface area contributed by atoms with Crippen molar-refractivity contribution in [1.29, 1.82) is 0 Å². The maximum absolute atomic E-state index is 13.7. The molecule has 1 amide bonds. The Bertz CT molecular complexity index is 1300. The van der Waals surface area contributed by atoms with Crippen LogP contribution in [0.2, 0.25) is 0 Å². The number of methoxy groups -OCH3 is 3. The lowest BCUT2D eigenvalue weighted by Gasteiger charge is -2.14. The van der Waals surface area contributed by atoms with Crippen molar-refractivity contribution < 1.29 is 28.2 Å². The van der Waals surface area contributed by atoms with E-state index in [1.165, 1.54) is 27.4 Å². The first-order chi connectivity index (χ1) is 18.8. The number of nitrogens with zero attached hydrogens (tertiary/aromatic N) is 1. The maximum atomic E-state index is 13.7. The van der Waals surface area contributed by atoms with Gasteiger partial charge in [0.05, 0.1) is 27.8 Å². The second-order valence-electron chi connectivity index (χ2n) is 8.90. The molecule has 0 aliphatic rings. The minimum atomic E-state index is -0.756. The van der Waals surface area contributed by atoms with Crippen LogP contribution in [0.4, 0.5) is 4.39 Å². The molecule has 9 heteroatoms. The average molecular weight is 536 g/mol. The van der Waals surface area contributed by atoms with Gasteiger partial charge in [-0.3, -0.25) is 14.9 Å². The van der Waals surface area contributed by atoms with Crippen LogP contribution in [0.3, 0.4) is 0 Å². The molecule has 3 aromatic rings. The van der Waals surface area contributed by atoms with Crippen molar-refractivity contribution in [3.05, 3.63) is 89.2 Å². The summed E-state index contributed by atoms with van der Waals surface area (Å²) in [4.78, 5) is 30.2. The highest BCUT2D eigenvalue weighted by atomic mass is 19.1. The zero-order valence-corrected chi connectivity index (χ0v) is 22.4. The van der Waals surface area contributed by atoms with E-state index in [0.29, 0.717) is 36.3 Å². The zero-order valence-electron chi connectivity index (χ0n) is 22.4. The lowest BCUT2D eigenvalue weighted by molar-refractivity contribution is -0.121. The molecule has 1 atom stereocenters. The highest BCUT2D eigenvalue weighted by molar-refractivity contribution is 5.98. The Morgan fingerprint density at radius 1 is 0.846 bits per heavy atom. The topological polar surface area (TPSA) is 112 Å². The maximum Gasteiger partial charge on any atom is 0.231 e. The molecule has 0 heterocycles. The van der Waals surface area contributed by atoms with Crippen molar-refractivity contribution >= 4 is 17.6 Å². The van der Waals surface area contributed by atoms with Gasteiger partial charge >= 0.3 is 0 Å². The van der Waals surface area contributed by atoms with Gasteiger partial charge in [-0.05, 0) is 60.2 Å². The molecule has 206 valence electrons. The van der Waals surface area contributed by atoms with Crippen LogP contribution in [-0.4, -0.2) is 45.0 Å². The third-order valence-electron chi connectivity index (χ3n) is 6.17. The summed E-state index contributed by atoms with van der Waals surface area (Å²) in [6.07, 6.45) is 1.62. The van der Waals surface area contributed by atoms with E-state index in [-0.39, 0.29) is 36.2 Å². The summed E-state index contributed by atoms with van der Waals surface area (Å²) in [6.45, 7) is 0. The van der Waals surface area contributed by atoms with Gasteiger partial charge in [-0.2, -0.15) is 0 Å². The third-order valence-corrected chi connectivity index (χ3v) is 6.17. The van der Waals surface area contributed by atoms with Crippen molar-refractivity contribution in [2.75, 3.05) is 21.3 Å². The molecular weight excluding hydrogens is 501 g/mol. The number of carbonyl (C=O) groups is 2. The molecule has 0 aromatic heterocycles. The molecule has 0 bridgehead atoms. The van der Waals surface area contributed by atoms with E-state index in [1.807, 2.05) is 30.3 Å². The van der Waals surface area contributed by atoms with Crippen LogP contribution < -0.4 is 25.3 Å². The number of benzene rings is 3. The molecule has 0 saturated carbocycles. The van der Waals surface area contributed by atoms with E-state index >= 15 is 0 Å². The normalized spacial score (nSPS) is 11.9. The number of amides is 1. The van der Waals surface area contributed by atoms with Gasteiger partial charge in [0.2, 0.25) is 5.91 Å². The minimum Gasteiger partial charge on any atom is -0.494 e. The Labute approximate surface area is 228 Å². The van der Waals surface area contributed by atoms with Crippen LogP contribution >= 0.6 is 0 Å². The van der Waals surface area contributed by atoms with Gasteiger partial charge in [0.15, 0.2) is 34.8 Å². The molecule has 0 radical (unpaired) electrons. The van der Waals surface area contributed by atoms with E-state index in [4.69, 9.17) is 19.9 Å². The van der Waals surface area contributed by atoms with Gasteiger partial charge in [-0.25, -0.2) is 9.38 Å². The van der Waals surface area contributed by atoms with E-state index in [2.05, 4.69) is 10.3 Å². The average Bonchev–Trinajstić information content (AvgIpc) is 2.94. The number of Topliss-reactive ketones (excluding diaryl/α,β-unsaturated/α-hetero) is 1. The molecule has 0 aliphatic heterocycles. The van der Waals surface area contributed by atoms with Gasteiger partial charge in [-0.15, -0.1) is 0 Å². The second kappa shape index (κ2) is 14.5. The van der Waals surface area contributed by atoms with E-state index in [1.54, 1.807) is 30.3 Å². The predicted molar refractivity (Wildman–Crippen MR) is 148 cm³/mol. The Morgan fingerprint density at radius 3 is 2.21 bits per heavy atom. The lowest BCUT2D eigenvalue weighted by Crippen LogP contribution is -2.39. The Morgan fingerprint density at radius 2 is 1.51 bits per heavy atom. The molecule has 0 fully saturated rings. The SMILES string of the molecule is COc1cc(CCC(=O)[C@@H](CCc2ccccc2)N=C(N)NC(=O)Cc2ccc(OC)c(OC)c2)ccc1F. The lowest BCUT2D eigenvalue weighted by atomic mass is 9.98. The summed E-state index contributed by atoms with van der Waals surface area (Å²) < 4.78 is 29.3. The monoisotopic (exact) mass is 535 g/mol. The summed E-state index contributed by atoms with van der Waals surface area (Å²) >= 11 is 0. The first-order valence-electron chi connectivity index (χ1n) is 12.6. The first kappa shape index (κ1) is 29.2. The Hall–Kier alpha value is -4.40. The number of hydrogen-bond acceptors (Lipinski definition) is 6. The van der Waals surface area contributed by atoms with Gasteiger partial charge < -0.3 is 19.9 Å². The van der Waals surface area contributed by atoms with Crippen LogP contribution in [0.25, 0.3) is 0 Å². The summed E-state index contributed by atoms with van der Waals surface area (Å²) in [6, 6.07) is 18.7. The molecule has 3 aromatic carbocycles. The molecule has 39 heavy (non-hydrogen) atoms. The Kier molecular flexibility index (Phi) is 10.9. The standard InChI is InChI=1S/C30H34FN3O5/c1-37-26-16-12-22(18-28(26)39-3)19-29(36)34-30(32)33-24(14-10-20-7-5-4-6-8-20)25(35)15-11-21-9-13-23(31)27(17-21)38-2/h4-9,12-13,16-18,24H,10-11,14-15,19H2,1-3H3,(H3,32,33,34,36)/t24-/m1/s1. The summed E-state index contributed by atoms with van der Waals surface area (Å²) in [5, 5.41) is 2.58. The van der Waals surface area contributed by atoms with Crippen molar-refractivity contribution in [1.82, 2.24) is 5.32 Å². The Balaban J connectivity index is 1.68. The number of aliphatic imine (C=N–C) groups is 1. The van der Waals surface area contributed by atoms with Gasteiger partial charge in [-0.1, -0.05) is 42.5 Å². The largest absolute Gasteiger partial charge is 0.494 e. The zero-order chi connectivity index (χ0) is 28.2. The minimum absolute atomic E-state index is 0.0333. The molecular formula is C30H34FN3O5. The molecule has 0 unspecified atom stereocenters. The quantitative estimate of drug-likeness (QED) is 0.253. The molecule has 0 spiro atoms. The fourth-order valence-corrected chi connectivity index (χ4v) is 4.10. The number of rotatable bonds is 13. The molecule has 8 nitrogen and oxygen atoms in total. The van der Waals surface area contributed by atoms with Crippen molar-refractivity contribution in [2.45, 2.75) is 38.1 Å². The molecule has 3 N–H and O–H groups in total.